The smallest absolute Gasteiger partial charge is 0.270 e. The van der Waals surface area contributed by atoms with E-state index in [0.29, 0.717) is 24.0 Å². The summed E-state index contributed by atoms with van der Waals surface area (Å²) in [5.41, 5.74) is 5.43. The molecular weight excluding hydrogens is 290 g/mol. The molecule has 0 aliphatic rings. The molecular formula is C10H12BrN3O3. The molecule has 1 aromatic carbocycles. The number of carbonyl (C=O) groups excluding carboxylic acids is 1. The van der Waals surface area contributed by atoms with Crippen LogP contribution in [-0.4, -0.2) is 23.9 Å². The molecule has 0 atom stereocenters. The lowest BCUT2D eigenvalue weighted by Gasteiger charge is -2.05. The Kier molecular flexibility index (Phi) is 5.05. The van der Waals surface area contributed by atoms with E-state index in [4.69, 9.17) is 5.73 Å². The van der Waals surface area contributed by atoms with Gasteiger partial charge in [0, 0.05) is 23.2 Å². The zero-order chi connectivity index (χ0) is 12.8. The SMILES string of the molecule is NCCCNC(=O)c1cc([N+](=O)[O-])ccc1Br. The van der Waals surface area contributed by atoms with Crippen LogP contribution in [0.1, 0.15) is 16.8 Å². The maximum absolute atomic E-state index is 11.7. The van der Waals surface area contributed by atoms with Gasteiger partial charge in [-0.1, -0.05) is 0 Å². The third kappa shape index (κ3) is 3.79. The lowest BCUT2D eigenvalue weighted by atomic mass is 10.2. The zero-order valence-electron chi connectivity index (χ0n) is 8.98. The van der Waals surface area contributed by atoms with Crippen molar-refractivity contribution in [1.29, 1.82) is 0 Å². The predicted octanol–water partition coefficient (Wildman–Crippen LogP) is 1.44. The molecule has 0 radical (unpaired) electrons. The second-order valence-corrected chi connectivity index (χ2v) is 4.17. The van der Waals surface area contributed by atoms with E-state index in [1.165, 1.54) is 18.2 Å². The number of nitrogens with one attached hydrogen (secondary N) is 1. The largest absolute Gasteiger partial charge is 0.352 e. The highest BCUT2D eigenvalue weighted by molar-refractivity contribution is 9.10. The predicted molar refractivity (Wildman–Crippen MR) is 66.8 cm³/mol. The van der Waals surface area contributed by atoms with Crippen LogP contribution < -0.4 is 11.1 Å². The van der Waals surface area contributed by atoms with Crippen LogP contribution in [0.3, 0.4) is 0 Å². The molecule has 0 spiro atoms. The van der Waals surface area contributed by atoms with Gasteiger partial charge in [-0.2, -0.15) is 0 Å². The van der Waals surface area contributed by atoms with Gasteiger partial charge in [0.15, 0.2) is 0 Å². The minimum absolute atomic E-state index is 0.114. The number of rotatable bonds is 5. The Morgan fingerprint density at radius 1 is 1.53 bits per heavy atom. The number of halogens is 1. The fourth-order valence-corrected chi connectivity index (χ4v) is 1.63. The van der Waals surface area contributed by atoms with Gasteiger partial charge in [-0.3, -0.25) is 14.9 Å². The number of benzene rings is 1. The number of hydrogen-bond acceptors (Lipinski definition) is 4. The molecule has 0 saturated heterocycles. The average Bonchev–Trinajstić information content (AvgIpc) is 2.29. The Bertz CT molecular complexity index is 437. The zero-order valence-corrected chi connectivity index (χ0v) is 10.6. The number of amides is 1. The topological polar surface area (TPSA) is 98.3 Å². The molecule has 0 fully saturated rings. The summed E-state index contributed by atoms with van der Waals surface area (Å²) >= 11 is 3.18. The van der Waals surface area contributed by atoms with Gasteiger partial charge in [0.1, 0.15) is 0 Å². The molecule has 0 unspecified atom stereocenters. The summed E-state index contributed by atoms with van der Waals surface area (Å²) in [4.78, 5) is 21.8. The number of carbonyl (C=O) groups is 1. The van der Waals surface area contributed by atoms with E-state index < -0.39 is 4.92 Å². The van der Waals surface area contributed by atoms with Gasteiger partial charge in [-0.15, -0.1) is 0 Å². The van der Waals surface area contributed by atoms with Crippen LogP contribution in [0.5, 0.6) is 0 Å². The molecule has 0 saturated carbocycles. The molecule has 92 valence electrons. The second-order valence-electron chi connectivity index (χ2n) is 3.32. The monoisotopic (exact) mass is 301 g/mol. The Morgan fingerprint density at radius 3 is 2.82 bits per heavy atom. The lowest BCUT2D eigenvalue weighted by molar-refractivity contribution is -0.384. The van der Waals surface area contributed by atoms with Crippen molar-refractivity contribution in [3.05, 3.63) is 38.3 Å². The summed E-state index contributed by atoms with van der Waals surface area (Å²) in [5.74, 6) is -0.353. The van der Waals surface area contributed by atoms with Crippen molar-refractivity contribution in [3.63, 3.8) is 0 Å². The number of non-ortho nitro benzene ring substituents is 1. The lowest BCUT2D eigenvalue weighted by Crippen LogP contribution is -2.26. The van der Waals surface area contributed by atoms with Gasteiger partial charge >= 0.3 is 0 Å². The molecule has 1 rings (SSSR count). The van der Waals surface area contributed by atoms with E-state index in [9.17, 15) is 14.9 Å². The number of nitrogens with zero attached hydrogens (tertiary/aromatic N) is 1. The third-order valence-electron chi connectivity index (χ3n) is 2.07. The van der Waals surface area contributed by atoms with Gasteiger partial charge in [-0.05, 0) is 35.0 Å². The summed E-state index contributed by atoms with van der Waals surface area (Å²) in [7, 11) is 0. The van der Waals surface area contributed by atoms with Crippen LogP contribution in [0, 0.1) is 10.1 Å². The number of nitrogens with two attached hydrogens (primary N) is 1. The molecule has 6 nitrogen and oxygen atoms in total. The van der Waals surface area contributed by atoms with Crippen LogP contribution in [0.4, 0.5) is 5.69 Å². The first-order valence-corrected chi connectivity index (χ1v) is 5.77. The molecule has 17 heavy (non-hydrogen) atoms. The molecule has 0 aromatic heterocycles. The summed E-state index contributed by atoms with van der Waals surface area (Å²) in [6, 6.07) is 4.05. The van der Waals surface area contributed by atoms with Gasteiger partial charge in [0.2, 0.25) is 0 Å². The molecule has 0 aliphatic carbocycles. The Morgan fingerprint density at radius 2 is 2.24 bits per heavy atom. The summed E-state index contributed by atoms with van der Waals surface area (Å²) in [6.45, 7) is 0.931. The maximum atomic E-state index is 11.7. The Balaban J connectivity index is 2.84. The second kappa shape index (κ2) is 6.31. The first kappa shape index (κ1) is 13.6. The quantitative estimate of drug-likeness (QED) is 0.488. The van der Waals surface area contributed by atoms with Crippen molar-refractivity contribution in [2.24, 2.45) is 5.73 Å². The third-order valence-corrected chi connectivity index (χ3v) is 2.76. The van der Waals surface area contributed by atoms with E-state index in [2.05, 4.69) is 21.2 Å². The van der Waals surface area contributed by atoms with Crippen molar-refractivity contribution >= 4 is 27.5 Å². The van der Waals surface area contributed by atoms with Crippen LogP contribution in [-0.2, 0) is 0 Å². The molecule has 0 bridgehead atoms. The van der Waals surface area contributed by atoms with Crippen LogP contribution in [0.15, 0.2) is 22.7 Å². The highest BCUT2D eigenvalue weighted by Gasteiger charge is 2.14. The fourth-order valence-electron chi connectivity index (χ4n) is 1.20. The Hall–Kier alpha value is -1.47. The van der Waals surface area contributed by atoms with Crippen LogP contribution in [0.2, 0.25) is 0 Å². The number of nitro groups is 1. The van der Waals surface area contributed by atoms with Crippen molar-refractivity contribution in [2.45, 2.75) is 6.42 Å². The summed E-state index contributed by atoms with van der Waals surface area (Å²) in [5, 5.41) is 13.2. The van der Waals surface area contributed by atoms with E-state index in [-0.39, 0.29) is 17.2 Å². The van der Waals surface area contributed by atoms with E-state index in [0.717, 1.165) is 0 Å². The fraction of sp³-hybridized carbons (Fsp3) is 0.300. The molecule has 3 N–H and O–H groups in total. The highest BCUT2D eigenvalue weighted by atomic mass is 79.9. The molecule has 1 aromatic rings. The number of hydrogen-bond donors (Lipinski definition) is 2. The first-order valence-electron chi connectivity index (χ1n) is 4.98. The average molecular weight is 302 g/mol. The van der Waals surface area contributed by atoms with Gasteiger partial charge < -0.3 is 11.1 Å². The maximum Gasteiger partial charge on any atom is 0.270 e. The molecule has 7 heteroatoms. The molecule has 0 heterocycles. The van der Waals surface area contributed by atoms with E-state index in [1.54, 1.807) is 0 Å². The number of nitro benzene ring substituents is 1. The molecule has 1 amide bonds. The van der Waals surface area contributed by atoms with Gasteiger partial charge in [0.25, 0.3) is 11.6 Å². The van der Waals surface area contributed by atoms with E-state index in [1.807, 2.05) is 0 Å². The van der Waals surface area contributed by atoms with Crippen LogP contribution in [0.25, 0.3) is 0 Å². The summed E-state index contributed by atoms with van der Waals surface area (Å²) < 4.78 is 0.522. The Labute approximate surface area is 106 Å². The minimum Gasteiger partial charge on any atom is -0.352 e. The van der Waals surface area contributed by atoms with Crippen molar-refractivity contribution in [2.75, 3.05) is 13.1 Å². The standard InChI is InChI=1S/C10H12BrN3O3/c11-9-3-2-7(14(16)17)6-8(9)10(15)13-5-1-4-12/h2-3,6H,1,4-5,12H2,(H,13,15). The summed E-state index contributed by atoms with van der Waals surface area (Å²) in [6.07, 6.45) is 0.665. The normalized spacial score (nSPS) is 10.0. The minimum atomic E-state index is -0.539. The highest BCUT2D eigenvalue weighted by Crippen LogP contribution is 2.22. The van der Waals surface area contributed by atoms with Crippen molar-refractivity contribution in [1.82, 2.24) is 5.32 Å². The van der Waals surface area contributed by atoms with Gasteiger partial charge in [-0.25, -0.2) is 0 Å². The van der Waals surface area contributed by atoms with Gasteiger partial charge in [0.05, 0.1) is 10.5 Å². The first-order chi connectivity index (χ1) is 8.06. The van der Waals surface area contributed by atoms with Crippen molar-refractivity contribution < 1.29 is 9.72 Å². The molecule has 0 aliphatic heterocycles. The van der Waals surface area contributed by atoms with Crippen molar-refractivity contribution in [3.8, 4) is 0 Å². The van der Waals surface area contributed by atoms with Crippen LogP contribution >= 0.6 is 15.9 Å². The van der Waals surface area contributed by atoms with E-state index >= 15 is 0 Å².